The second-order valence-corrected chi connectivity index (χ2v) is 5.26. The van der Waals surface area contributed by atoms with Crippen LogP contribution in [0, 0.1) is 0 Å². The van der Waals surface area contributed by atoms with Crippen LogP contribution in [0.3, 0.4) is 0 Å². The highest BCUT2D eigenvalue weighted by molar-refractivity contribution is 5.77. The molecule has 98 valence electrons. The van der Waals surface area contributed by atoms with Crippen LogP contribution in [0.4, 0.5) is 0 Å². The topological polar surface area (TPSA) is 32.8 Å². The van der Waals surface area contributed by atoms with Gasteiger partial charge in [0.15, 0.2) is 0 Å². The molecule has 2 aliphatic heterocycles. The molecule has 2 fully saturated rings. The molecule has 0 aliphatic carbocycles. The number of hydrogen-bond acceptors (Lipinski definition) is 3. The van der Waals surface area contributed by atoms with Crippen molar-refractivity contribution in [2.75, 3.05) is 39.8 Å². The van der Waals surface area contributed by atoms with Crippen molar-refractivity contribution < 1.29 is 9.53 Å². The average Bonchev–Trinajstić information content (AvgIpc) is 2.39. The van der Waals surface area contributed by atoms with Crippen LogP contribution in [-0.2, 0) is 9.53 Å². The molecule has 17 heavy (non-hydrogen) atoms. The predicted octanol–water partition coefficient (Wildman–Crippen LogP) is 1.11. The number of carbonyl (C=O) groups is 1. The Balaban J connectivity index is 1.65. The summed E-state index contributed by atoms with van der Waals surface area (Å²) in [5.41, 5.74) is 0. The Kier molecular flexibility index (Phi) is 4.80. The van der Waals surface area contributed by atoms with E-state index in [0.29, 0.717) is 6.10 Å². The lowest BCUT2D eigenvalue weighted by Gasteiger charge is -2.30. The minimum absolute atomic E-state index is 0.184. The van der Waals surface area contributed by atoms with Crippen LogP contribution in [0.5, 0.6) is 0 Å². The first kappa shape index (κ1) is 12.8. The Morgan fingerprint density at radius 2 is 1.76 bits per heavy atom. The van der Waals surface area contributed by atoms with Gasteiger partial charge in [-0.05, 0) is 39.2 Å². The summed E-state index contributed by atoms with van der Waals surface area (Å²) in [6, 6.07) is 0. The molecule has 1 amide bonds. The van der Waals surface area contributed by atoms with Gasteiger partial charge in [-0.1, -0.05) is 0 Å². The van der Waals surface area contributed by atoms with E-state index in [9.17, 15) is 4.79 Å². The number of amides is 1. The molecule has 0 unspecified atom stereocenters. The first-order chi connectivity index (χ1) is 8.25. The molecule has 0 radical (unpaired) electrons. The van der Waals surface area contributed by atoms with Crippen molar-refractivity contribution in [3.05, 3.63) is 0 Å². The minimum Gasteiger partial charge on any atom is -0.368 e. The normalized spacial score (nSPS) is 23.9. The third-order valence-corrected chi connectivity index (χ3v) is 3.82. The van der Waals surface area contributed by atoms with E-state index in [1.807, 2.05) is 4.90 Å². The molecular weight excluding hydrogens is 216 g/mol. The lowest BCUT2D eigenvalue weighted by Crippen LogP contribution is -2.40. The maximum Gasteiger partial charge on any atom is 0.248 e. The highest BCUT2D eigenvalue weighted by atomic mass is 16.5. The second kappa shape index (κ2) is 6.36. The zero-order valence-electron chi connectivity index (χ0n) is 10.9. The van der Waals surface area contributed by atoms with Crippen LogP contribution in [0.2, 0.25) is 0 Å². The van der Waals surface area contributed by atoms with Crippen molar-refractivity contribution in [1.82, 2.24) is 9.80 Å². The zero-order valence-corrected chi connectivity index (χ0v) is 10.9. The highest BCUT2D eigenvalue weighted by Crippen LogP contribution is 2.13. The van der Waals surface area contributed by atoms with E-state index in [1.54, 1.807) is 0 Å². The van der Waals surface area contributed by atoms with E-state index >= 15 is 0 Å². The van der Waals surface area contributed by atoms with Gasteiger partial charge in [0.25, 0.3) is 0 Å². The van der Waals surface area contributed by atoms with E-state index in [2.05, 4.69) is 11.9 Å². The molecule has 4 heteroatoms. The molecule has 0 spiro atoms. The van der Waals surface area contributed by atoms with Gasteiger partial charge in [0.05, 0.1) is 6.10 Å². The lowest BCUT2D eigenvalue weighted by atomic mass is 10.1. The van der Waals surface area contributed by atoms with Crippen molar-refractivity contribution in [2.45, 2.75) is 38.2 Å². The quantitative estimate of drug-likeness (QED) is 0.741. The summed E-state index contributed by atoms with van der Waals surface area (Å²) in [5.74, 6) is 0.184. The molecule has 0 aromatic carbocycles. The number of piperidine rings is 2. The van der Waals surface area contributed by atoms with Crippen molar-refractivity contribution in [1.29, 1.82) is 0 Å². The monoisotopic (exact) mass is 240 g/mol. The Morgan fingerprint density at radius 1 is 1.12 bits per heavy atom. The average molecular weight is 240 g/mol. The van der Waals surface area contributed by atoms with E-state index in [1.165, 1.54) is 6.42 Å². The molecule has 0 aromatic rings. The fourth-order valence-electron chi connectivity index (χ4n) is 2.58. The fourth-order valence-corrected chi connectivity index (χ4v) is 2.58. The number of likely N-dealkylation sites (tertiary alicyclic amines) is 2. The molecule has 4 nitrogen and oxygen atoms in total. The molecule has 2 saturated heterocycles. The van der Waals surface area contributed by atoms with Gasteiger partial charge in [-0.15, -0.1) is 0 Å². The van der Waals surface area contributed by atoms with Crippen molar-refractivity contribution in [2.24, 2.45) is 0 Å². The Morgan fingerprint density at radius 3 is 2.41 bits per heavy atom. The molecule has 0 N–H and O–H groups in total. The van der Waals surface area contributed by atoms with Gasteiger partial charge in [-0.25, -0.2) is 0 Å². The van der Waals surface area contributed by atoms with Crippen molar-refractivity contribution >= 4 is 5.91 Å². The predicted molar refractivity (Wildman–Crippen MR) is 66.9 cm³/mol. The van der Waals surface area contributed by atoms with Crippen LogP contribution in [0.1, 0.15) is 32.1 Å². The molecule has 2 aliphatic rings. The van der Waals surface area contributed by atoms with Gasteiger partial charge >= 0.3 is 0 Å². The molecule has 2 heterocycles. The number of nitrogens with zero attached hydrogens (tertiary/aromatic N) is 2. The fraction of sp³-hybridized carbons (Fsp3) is 0.923. The van der Waals surface area contributed by atoms with Crippen LogP contribution >= 0.6 is 0 Å². The molecule has 0 saturated carbocycles. The number of carbonyl (C=O) groups excluding carboxylic acids is 1. The molecule has 0 atom stereocenters. The second-order valence-electron chi connectivity index (χ2n) is 5.26. The van der Waals surface area contributed by atoms with E-state index in [-0.39, 0.29) is 12.5 Å². The third-order valence-electron chi connectivity index (χ3n) is 3.82. The van der Waals surface area contributed by atoms with E-state index in [4.69, 9.17) is 4.74 Å². The van der Waals surface area contributed by atoms with Gasteiger partial charge in [-0.2, -0.15) is 0 Å². The van der Waals surface area contributed by atoms with Crippen molar-refractivity contribution in [3.8, 4) is 0 Å². The third kappa shape index (κ3) is 3.96. The Hall–Kier alpha value is -0.610. The first-order valence-electron chi connectivity index (χ1n) is 6.83. The molecule has 0 aromatic heterocycles. The molecule has 0 bridgehead atoms. The minimum atomic E-state index is 0.184. The lowest BCUT2D eigenvalue weighted by molar-refractivity contribution is -0.140. The SMILES string of the molecule is CN1CCC(OCC(=O)N2CCCCC2)CC1. The summed E-state index contributed by atoms with van der Waals surface area (Å²) in [7, 11) is 2.13. The van der Waals surface area contributed by atoms with Gasteiger partial charge in [0, 0.05) is 26.2 Å². The van der Waals surface area contributed by atoms with Gasteiger partial charge in [-0.3, -0.25) is 4.79 Å². The number of hydrogen-bond donors (Lipinski definition) is 0. The standard InChI is InChI=1S/C13H24N2O2/c1-14-9-5-12(6-10-14)17-11-13(16)15-7-3-2-4-8-15/h12H,2-11H2,1H3. The van der Waals surface area contributed by atoms with E-state index < -0.39 is 0 Å². The maximum absolute atomic E-state index is 11.9. The summed E-state index contributed by atoms with van der Waals surface area (Å²) >= 11 is 0. The summed E-state index contributed by atoms with van der Waals surface area (Å²) in [5, 5.41) is 0. The van der Waals surface area contributed by atoms with Crippen LogP contribution in [0.15, 0.2) is 0 Å². The summed E-state index contributed by atoms with van der Waals surface area (Å²) < 4.78 is 5.73. The largest absolute Gasteiger partial charge is 0.368 e. The molecule has 2 rings (SSSR count). The summed E-state index contributed by atoms with van der Waals surface area (Å²) in [6.07, 6.45) is 5.98. The maximum atomic E-state index is 11.9. The van der Waals surface area contributed by atoms with Crippen LogP contribution < -0.4 is 0 Å². The van der Waals surface area contributed by atoms with Crippen LogP contribution in [0.25, 0.3) is 0 Å². The zero-order chi connectivity index (χ0) is 12.1. The van der Waals surface area contributed by atoms with Gasteiger partial charge in [0.1, 0.15) is 6.61 Å². The smallest absolute Gasteiger partial charge is 0.248 e. The summed E-state index contributed by atoms with van der Waals surface area (Å²) in [4.78, 5) is 16.2. The van der Waals surface area contributed by atoms with Crippen LogP contribution in [-0.4, -0.2) is 61.6 Å². The Labute approximate surface area is 104 Å². The molecular formula is C13H24N2O2. The summed E-state index contributed by atoms with van der Waals surface area (Å²) in [6.45, 7) is 4.31. The number of rotatable bonds is 3. The van der Waals surface area contributed by atoms with E-state index in [0.717, 1.165) is 51.9 Å². The Bertz CT molecular complexity index is 244. The van der Waals surface area contributed by atoms with Crippen molar-refractivity contribution in [3.63, 3.8) is 0 Å². The van der Waals surface area contributed by atoms with Gasteiger partial charge < -0.3 is 14.5 Å². The highest BCUT2D eigenvalue weighted by Gasteiger charge is 2.21. The first-order valence-corrected chi connectivity index (χ1v) is 6.83. The van der Waals surface area contributed by atoms with Gasteiger partial charge in [0.2, 0.25) is 5.91 Å². The number of ether oxygens (including phenoxy) is 1.